The average molecular weight is 517 g/mol. The third-order valence-electron chi connectivity index (χ3n) is 6.47. The first-order valence-electron chi connectivity index (χ1n) is 11.9. The molecule has 3 atom stereocenters. The van der Waals surface area contributed by atoms with Gasteiger partial charge in [-0.1, -0.05) is 25.1 Å². The van der Waals surface area contributed by atoms with Gasteiger partial charge >= 0.3 is 0 Å². The van der Waals surface area contributed by atoms with Gasteiger partial charge in [0.1, 0.15) is 16.7 Å². The lowest BCUT2D eigenvalue weighted by molar-refractivity contribution is 0.0563. The maximum atomic E-state index is 13.5. The summed E-state index contributed by atoms with van der Waals surface area (Å²) in [5.74, 6) is 0.843. The summed E-state index contributed by atoms with van der Waals surface area (Å²) in [7, 11) is -2.23. The van der Waals surface area contributed by atoms with Crippen LogP contribution in [0.4, 0.5) is 0 Å². The Labute approximate surface area is 211 Å². The number of fused-ring (bicyclic) bond motifs is 2. The highest BCUT2D eigenvalue weighted by Crippen LogP contribution is 2.35. The maximum absolute atomic E-state index is 13.5. The molecule has 2 aliphatic rings. The number of amides is 1. The fraction of sp³-hybridized carbons (Fsp3) is 0.423. The molecule has 1 N–H and O–H groups in total. The number of aliphatic hydroxyl groups is 1. The molecule has 0 saturated carbocycles. The molecule has 0 bridgehead atoms. The van der Waals surface area contributed by atoms with E-state index in [2.05, 4.69) is 0 Å². The number of hydrogen-bond donors (Lipinski definition) is 1. The van der Waals surface area contributed by atoms with Crippen molar-refractivity contribution >= 4 is 22.0 Å². The van der Waals surface area contributed by atoms with Gasteiger partial charge in [-0.3, -0.25) is 4.79 Å². The molecule has 9 nitrogen and oxygen atoms in total. The molecule has 0 saturated heterocycles. The molecule has 0 unspecified atom stereocenters. The number of rotatable bonds is 6. The van der Waals surface area contributed by atoms with Crippen molar-refractivity contribution in [3.8, 4) is 17.2 Å². The van der Waals surface area contributed by atoms with Gasteiger partial charge < -0.3 is 24.2 Å². The van der Waals surface area contributed by atoms with Gasteiger partial charge in [0.2, 0.25) is 16.8 Å². The van der Waals surface area contributed by atoms with Gasteiger partial charge in [-0.25, -0.2) is 8.42 Å². The highest BCUT2D eigenvalue weighted by molar-refractivity contribution is 7.89. The maximum Gasteiger partial charge on any atom is 0.253 e. The summed E-state index contributed by atoms with van der Waals surface area (Å²) in [6.45, 7) is 5.60. The molecule has 0 radical (unpaired) electrons. The smallest absolute Gasteiger partial charge is 0.253 e. The highest BCUT2D eigenvalue weighted by atomic mass is 32.2. The van der Waals surface area contributed by atoms with Crippen LogP contribution in [0.1, 0.15) is 36.7 Å². The number of hydrogen-bond acceptors (Lipinski definition) is 7. The molecule has 4 rings (SSSR count). The van der Waals surface area contributed by atoms with Crippen LogP contribution in [0.3, 0.4) is 0 Å². The predicted octanol–water partition coefficient (Wildman–Crippen LogP) is 2.99. The summed E-state index contributed by atoms with van der Waals surface area (Å²) in [6, 6.07) is 9.37. The van der Waals surface area contributed by atoms with Crippen LogP contribution >= 0.6 is 0 Å². The zero-order chi connectivity index (χ0) is 26.0. The zero-order valence-electron chi connectivity index (χ0n) is 20.9. The Bertz CT molecular complexity index is 1260. The van der Waals surface area contributed by atoms with Crippen LogP contribution in [0.25, 0.3) is 6.08 Å². The molecule has 2 aliphatic heterocycles. The second-order valence-corrected chi connectivity index (χ2v) is 11.1. The van der Waals surface area contributed by atoms with Gasteiger partial charge in [-0.2, -0.15) is 4.31 Å². The summed E-state index contributed by atoms with van der Waals surface area (Å²) in [4.78, 5) is 14.8. The minimum atomic E-state index is -3.92. The van der Waals surface area contributed by atoms with Crippen molar-refractivity contribution in [2.45, 2.75) is 37.8 Å². The Hall–Kier alpha value is -3.08. The van der Waals surface area contributed by atoms with Crippen LogP contribution < -0.4 is 14.2 Å². The van der Waals surface area contributed by atoms with Gasteiger partial charge in [0.25, 0.3) is 5.91 Å². The summed E-state index contributed by atoms with van der Waals surface area (Å²) in [5.41, 5.74) is 1.25. The molecule has 2 aromatic rings. The van der Waals surface area contributed by atoms with Gasteiger partial charge in [0.15, 0.2) is 11.5 Å². The quantitative estimate of drug-likeness (QED) is 0.629. The first-order valence-corrected chi connectivity index (χ1v) is 13.3. The first-order chi connectivity index (χ1) is 17.1. The van der Waals surface area contributed by atoms with E-state index >= 15 is 0 Å². The van der Waals surface area contributed by atoms with Crippen molar-refractivity contribution in [3.63, 3.8) is 0 Å². The number of ether oxygens (including phenoxy) is 3. The Morgan fingerprint density at radius 1 is 1.19 bits per heavy atom. The minimum Gasteiger partial charge on any atom is -0.487 e. The van der Waals surface area contributed by atoms with Gasteiger partial charge in [0, 0.05) is 31.1 Å². The van der Waals surface area contributed by atoms with Crippen LogP contribution in [0.15, 0.2) is 47.4 Å². The number of aliphatic hydroxyl groups excluding tert-OH is 1. The van der Waals surface area contributed by atoms with Crippen LogP contribution in [0.2, 0.25) is 0 Å². The fourth-order valence-corrected chi connectivity index (χ4v) is 6.18. The van der Waals surface area contributed by atoms with Gasteiger partial charge in [-0.15, -0.1) is 0 Å². The van der Waals surface area contributed by atoms with Crippen molar-refractivity contribution in [1.29, 1.82) is 0 Å². The Morgan fingerprint density at radius 3 is 2.67 bits per heavy atom. The van der Waals surface area contributed by atoms with Crippen molar-refractivity contribution in [1.82, 2.24) is 9.21 Å². The van der Waals surface area contributed by atoms with Crippen molar-refractivity contribution in [3.05, 3.63) is 53.6 Å². The third kappa shape index (κ3) is 5.07. The standard InChI is InChI=1S/C26H32N2O7S/c1-5-6-19-7-10-25-23(11-19)35-24(17(2)13-28(18(3)15-29)36(25,31)32)14-27(4)26(30)20-8-9-21-22(12-20)34-16-33-21/h5-12,17-18,24,29H,13-16H2,1-4H3/b6-5+/t17-,18-,24+/m0/s1. The van der Waals surface area contributed by atoms with Crippen molar-refractivity contribution < 1.29 is 32.5 Å². The number of likely N-dealkylation sites (N-methyl/N-ethyl adjacent to an activating group) is 1. The number of benzene rings is 2. The minimum absolute atomic E-state index is 0.0395. The van der Waals surface area contributed by atoms with E-state index < -0.39 is 22.2 Å². The Morgan fingerprint density at radius 2 is 1.94 bits per heavy atom. The molecule has 2 heterocycles. The van der Waals surface area contributed by atoms with Gasteiger partial charge in [-0.05, 0) is 49.7 Å². The second kappa shape index (κ2) is 10.5. The summed E-state index contributed by atoms with van der Waals surface area (Å²) in [5, 5.41) is 9.79. The molecule has 1 amide bonds. The summed E-state index contributed by atoms with van der Waals surface area (Å²) in [6.07, 6.45) is 3.21. The number of nitrogens with zero attached hydrogens (tertiary/aromatic N) is 2. The number of allylic oxidation sites excluding steroid dienone is 1. The van der Waals surface area contributed by atoms with E-state index in [1.165, 1.54) is 10.4 Å². The monoisotopic (exact) mass is 516 g/mol. The average Bonchev–Trinajstić information content (AvgIpc) is 3.33. The van der Waals surface area contributed by atoms with E-state index in [4.69, 9.17) is 14.2 Å². The van der Waals surface area contributed by atoms with Gasteiger partial charge in [0.05, 0.1) is 13.2 Å². The Balaban J connectivity index is 1.66. The number of sulfonamides is 1. The SMILES string of the molecule is C/C=C/c1ccc2c(c1)O[C@H](CN(C)C(=O)c1ccc3c(c1)OCO3)[C@@H](C)CN([C@@H](C)CO)S2(=O)=O. The molecule has 36 heavy (non-hydrogen) atoms. The lowest BCUT2D eigenvalue weighted by Gasteiger charge is -2.37. The van der Waals surface area contributed by atoms with E-state index in [1.54, 1.807) is 49.2 Å². The summed E-state index contributed by atoms with van der Waals surface area (Å²) < 4.78 is 45.4. The molecule has 0 aromatic heterocycles. The molecule has 2 aromatic carbocycles. The molecule has 194 valence electrons. The number of carbonyl (C=O) groups excluding carboxylic acids is 1. The lowest BCUT2D eigenvalue weighted by atomic mass is 10.0. The molecule has 0 aliphatic carbocycles. The van der Waals surface area contributed by atoms with Crippen molar-refractivity contribution in [2.24, 2.45) is 5.92 Å². The fourth-order valence-electron chi connectivity index (χ4n) is 4.36. The molecule has 0 spiro atoms. The van der Waals surface area contributed by atoms with Crippen LogP contribution in [-0.2, 0) is 10.0 Å². The first kappa shape index (κ1) is 26.0. The number of carbonyl (C=O) groups is 1. The highest BCUT2D eigenvalue weighted by Gasteiger charge is 2.38. The normalized spacial score (nSPS) is 21.8. The van der Waals surface area contributed by atoms with E-state index in [0.717, 1.165) is 5.56 Å². The molecule has 10 heteroatoms. The van der Waals surface area contributed by atoms with E-state index in [1.807, 2.05) is 26.0 Å². The molecular formula is C26H32N2O7S. The van der Waals surface area contributed by atoms with Crippen LogP contribution in [0.5, 0.6) is 17.2 Å². The predicted molar refractivity (Wildman–Crippen MR) is 135 cm³/mol. The molecule has 0 fully saturated rings. The van der Waals surface area contributed by atoms with Crippen LogP contribution in [-0.4, -0.2) is 74.3 Å². The third-order valence-corrected chi connectivity index (χ3v) is 8.49. The zero-order valence-corrected chi connectivity index (χ0v) is 21.7. The topological polar surface area (TPSA) is 106 Å². The lowest BCUT2D eigenvalue weighted by Crippen LogP contribution is -2.50. The van der Waals surface area contributed by atoms with E-state index in [-0.39, 0.29) is 49.0 Å². The van der Waals surface area contributed by atoms with Crippen LogP contribution in [0, 0.1) is 5.92 Å². The Kier molecular flexibility index (Phi) is 7.58. The van der Waals surface area contributed by atoms with Crippen molar-refractivity contribution in [2.75, 3.05) is 33.5 Å². The largest absolute Gasteiger partial charge is 0.487 e. The van der Waals surface area contributed by atoms with E-state index in [0.29, 0.717) is 17.1 Å². The molecular weight excluding hydrogens is 484 g/mol. The summed E-state index contributed by atoms with van der Waals surface area (Å²) >= 11 is 0. The van der Waals surface area contributed by atoms with E-state index in [9.17, 15) is 18.3 Å². The second-order valence-electron chi connectivity index (χ2n) is 9.20.